The van der Waals surface area contributed by atoms with Gasteiger partial charge in [0.05, 0.1) is 0 Å². The Kier molecular flexibility index (Phi) is 2.55. The largest absolute Gasteiger partial charge is 0.326 e. The lowest BCUT2D eigenvalue weighted by atomic mass is 10.2. The van der Waals surface area contributed by atoms with E-state index in [2.05, 4.69) is 0 Å². The fourth-order valence-electron chi connectivity index (χ4n) is 0.740. The van der Waals surface area contributed by atoms with E-state index in [0.29, 0.717) is 6.54 Å². The van der Waals surface area contributed by atoms with Crippen molar-refractivity contribution in [2.45, 2.75) is 6.54 Å². The molecule has 2 nitrogen and oxygen atoms in total. The molecule has 0 amide bonds. The third-order valence-electron chi connectivity index (χ3n) is 1.25. The highest BCUT2D eigenvalue weighted by Gasteiger charge is 1.91. The number of hydrogen-bond donors (Lipinski definition) is 1. The van der Waals surface area contributed by atoms with Crippen LogP contribution in [0.15, 0.2) is 24.3 Å². The van der Waals surface area contributed by atoms with Gasteiger partial charge in [-0.2, -0.15) is 0 Å². The van der Waals surface area contributed by atoms with Crippen LogP contribution in [-0.2, 0) is 11.1 Å². The van der Waals surface area contributed by atoms with Crippen LogP contribution in [0.3, 0.4) is 0 Å². The Bertz CT molecular complexity index is 237. The maximum atomic E-state index is 10.3. The van der Waals surface area contributed by atoms with E-state index in [4.69, 9.17) is 5.73 Å². The highest BCUT2D eigenvalue weighted by Crippen LogP contribution is 1.99. The van der Waals surface area contributed by atoms with Gasteiger partial charge in [-0.15, -0.1) is 0 Å². The summed E-state index contributed by atoms with van der Waals surface area (Å²) in [5, 5.41) is 0.781. The molecule has 0 spiro atoms. The monoisotopic (exact) mass is 153 g/mol. The highest BCUT2D eigenvalue weighted by molar-refractivity contribution is 7.34. The van der Waals surface area contributed by atoms with Crippen molar-refractivity contribution < 1.29 is 4.57 Å². The van der Waals surface area contributed by atoms with Gasteiger partial charge in [-0.3, -0.25) is 4.57 Å². The van der Waals surface area contributed by atoms with Crippen LogP contribution in [-0.4, -0.2) is 0 Å². The lowest BCUT2D eigenvalue weighted by molar-refractivity contribution is 0.603. The van der Waals surface area contributed by atoms with Gasteiger partial charge in [0.25, 0.3) is 0 Å². The van der Waals surface area contributed by atoms with Crippen molar-refractivity contribution in [1.29, 1.82) is 0 Å². The Morgan fingerprint density at radius 2 is 2.30 bits per heavy atom. The first-order valence-corrected chi connectivity index (χ1v) is 3.80. The van der Waals surface area contributed by atoms with Crippen LogP contribution in [0, 0.1) is 0 Å². The number of hydrogen-bond acceptors (Lipinski definition) is 2. The minimum Gasteiger partial charge on any atom is -0.326 e. The van der Waals surface area contributed by atoms with E-state index in [1.165, 1.54) is 0 Å². The molecular weight excluding hydrogens is 145 g/mol. The van der Waals surface area contributed by atoms with E-state index in [-0.39, 0.29) is 8.46 Å². The summed E-state index contributed by atoms with van der Waals surface area (Å²) in [5.74, 6) is 0. The van der Waals surface area contributed by atoms with E-state index < -0.39 is 0 Å². The van der Waals surface area contributed by atoms with Gasteiger partial charge >= 0.3 is 0 Å². The fourth-order valence-corrected chi connectivity index (χ4v) is 1.11. The lowest BCUT2D eigenvalue weighted by Crippen LogP contribution is -1.99. The van der Waals surface area contributed by atoms with Crippen molar-refractivity contribution in [2.24, 2.45) is 5.73 Å². The Morgan fingerprint density at radius 1 is 1.50 bits per heavy atom. The second kappa shape index (κ2) is 3.45. The Balaban J connectivity index is 2.98. The van der Waals surface area contributed by atoms with Gasteiger partial charge in [0.15, 0.2) is 8.46 Å². The van der Waals surface area contributed by atoms with Crippen LogP contribution < -0.4 is 11.0 Å². The van der Waals surface area contributed by atoms with Crippen molar-refractivity contribution in [2.75, 3.05) is 0 Å². The summed E-state index contributed by atoms with van der Waals surface area (Å²) in [7, 11) is 0.0583. The maximum absolute atomic E-state index is 10.3. The third kappa shape index (κ3) is 1.63. The molecule has 0 bridgehead atoms. The minimum absolute atomic E-state index is 0.0583. The zero-order valence-electron chi connectivity index (χ0n) is 5.45. The number of nitrogens with two attached hydrogens (primary N) is 1. The molecule has 3 heteroatoms. The molecule has 0 aliphatic heterocycles. The molecule has 52 valence electrons. The summed E-state index contributed by atoms with van der Waals surface area (Å²) in [4.78, 5) is 0. The van der Waals surface area contributed by atoms with Crippen LogP contribution in [0.5, 0.6) is 0 Å². The van der Waals surface area contributed by atoms with E-state index in [0.717, 1.165) is 10.9 Å². The third-order valence-corrected chi connectivity index (χ3v) is 1.74. The smallest absolute Gasteiger partial charge is 0.192 e. The Labute approximate surface area is 61.3 Å². The predicted molar refractivity (Wildman–Crippen MR) is 41.6 cm³/mol. The summed E-state index contributed by atoms with van der Waals surface area (Å²) in [6, 6.07) is 7.39. The number of benzene rings is 1. The van der Waals surface area contributed by atoms with E-state index >= 15 is 0 Å². The quantitative estimate of drug-likeness (QED) is 0.645. The van der Waals surface area contributed by atoms with Gasteiger partial charge in [0.2, 0.25) is 0 Å². The van der Waals surface area contributed by atoms with E-state index in [9.17, 15) is 4.57 Å². The van der Waals surface area contributed by atoms with Crippen LogP contribution in [0.4, 0.5) is 0 Å². The normalized spacial score (nSPS) is 10.1. The summed E-state index contributed by atoms with van der Waals surface area (Å²) < 4.78 is 10.3. The SMILES string of the molecule is NCc1cccc(P=O)c1. The first-order valence-electron chi connectivity index (χ1n) is 2.99. The van der Waals surface area contributed by atoms with Crippen LogP contribution >= 0.6 is 8.46 Å². The average molecular weight is 153 g/mol. The van der Waals surface area contributed by atoms with Gasteiger partial charge < -0.3 is 5.73 Å². The van der Waals surface area contributed by atoms with Crippen molar-refractivity contribution >= 4 is 13.8 Å². The first kappa shape index (κ1) is 7.39. The van der Waals surface area contributed by atoms with Gasteiger partial charge in [-0.25, -0.2) is 0 Å². The molecule has 0 aliphatic rings. The second-order valence-corrected chi connectivity index (χ2v) is 2.66. The van der Waals surface area contributed by atoms with E-state index in [1.54, 1.807) is 6.07 Å². The molecular formula is C7H8NOP. The zero-order valence-corrected chi connectivity index (χ0v) is 6.34. The van der Waals surface area contributed by atoms with Gasteiger partial charge in [-0.05, 0) is 17.7 Å². The molecule has 2 N–H and O–H groups in total. The molecule has 0 saturated heterocycles. The van der Waals surface area contributed by atoms with Gasteiger partial charge in [0.1, 0.15) is 0 Å². The van der Waals surface area contributed by atoms with Crippen LogP contribution in [0.2, 0.25) is 0 Å². The van der Waals surface area contributed by atoms with Crippen LogP contribution in [0.25, 0.3) is 0 Å². The fraction of sp³-hybridized carbons (Fsp3) is 0.143. The highest BCUT2D eigenvalue weighted by atomic mass is 31.1. The Hall–Kier alpha value is -0.720. The molecule has 10 heavy (non-hydrogen) atoms. The summed E-state index contributed by atoms with van der Waals surface area (Å²) in [6.45, 7) is 0.503. The molecule has 0 unspecified atom stereocenters. The minimum atomic E-state index is 0.0583. The summed E-state index contributed by atoms with van der Waals surface area (Å²) in [5.41, 5.74) is 6.38. The summed E-state index contributed by atoms with van der Waals surface area (Å²) in [6.07, 6.45) is 0. The molecule has 1 aromatic carbocycles. The predicted octanol–water partition coefficient (Wildman–Crippen LogP) is 1.06. The molecule has 0 aliphatic carbocycles. The zero-order chi connectivity index (χ0) is 7.40. The standard InChI is InChI=1S/C7H8NOP/c8-5-6-2-1-3-7(4-6)10-9/h1-4H,5,8H2. The van der Waals surface area contributed by atoms with Crippen molar-refractivity contribution in [3.8, 4) is 0 Å². The molecule has 1 rings (SSSR count). The molecule has 0 atom stereocenters. The van der Waals surface area contributed by atoms with Crippen molar-refractivity contribution in [3.63, 3.8) is 0 Å². The van der Waals surface area contributed by atoms with Crippen molar-refractivity contribution in [3.05, 3.63) is 29.8 Å². The van der Waals surface area contributed by atoms with E-state index in [1.807, 2.05) is 18.2 Å². The molecule has 0 fully saturated rings. The molecule has 1 aromatic rings. The first-order chi connectivity index (χ1) is 4.86. The molecule has 0 aromatic heterocycles. The topological polar surface area (TPSA) is 43.1 Å². The van der Waals surface area contributed by atoms with Gasteiger partial charge in [0, 0.05) is 11.8 Å². The van der Waals surface area contributed by atoms with Gasteiger partial charge in [-0.1, -0.05) is 12.1 Å². The molecule has 0 radical (unpaired) electrons. The van der Waals surface area contributed by atoms with Crippen LogP contribution in [0.1, 0.15) is 5.56 Å². The lowest BCUT2D eigenvalue weighted by Gasteiger charge is -1.94. The molecule has 0 saturated carbocycles. The number of rotatable bonds is 2. The maximum Gasteiger partial charge on any atom is 0.192 e. The Morgan fingerprint density at radius 3 is 2.90 bits per heavy atom. The summed E-state index contributed by atoms with van der Waals surface area (Å²) >= 11 is 0. The second-order valence-electron chi connectivity index (χ2n) is 1.97. The average Bonchev–Trinajstić information content (AvgIpc) is 2.05. The molecule has 0 heterocycles. The van der Waals surface area contributed by atoms with Crippen molar-refractivity contribution in [1.82, 2.24) is 0 Å².